The van der Waals surface area contributed by atoms with E-state index in [9.17, 15) is 23.4 Å². The molecular weight excluding hydrogens is 830 g/mol. The average Bonchev–Trinajstić information content (AvgIpc) is 3.22. The van der Waals surface area contributed by atoms with E-state index in [1.807, 2.05) is 13.0 Å². The second kappa shape index (κ2) is 33.1. The molecule has 1 aromatic carbocycles. The highest BCUT2D eigenvalue weighted by molar-refractivity contribution is 5.66. The second-order valence-electron chi connectivity index (χ2n) is 19.0. The van der Waals surface area contributed by atoms with Crippen LogP contribution in [0, 0.1) is 6.92 Å². The number of rotatable bonds is 31. The fourth-order valence-electron chi connectivity index (χ4n) is 7.65. The summed E-state index contributed by atoms with van der Waals surface area (Å²) in [5.41, 5.74) is 14.6. The van der Waals surface area contributed by atoms with Crippen LogP contribution in [0.5, 0.6) is 23.0 Å². The maximum atomic E-state index is 12.9. The Bertz CT molecular complexity index is 1950. The smallest absolute Gasteiger partial charge is 0.504 e. The minimum Gasteiger partial charge on any atom is -0.504 e. The number of ether oxygens (including phenoxy) is 2. The SMILES string of the molecule is COc1c(O)c(C/C=C(\C)CC/C=C(\C)CC/C=C(\C)CC/C=C(\C)CC/C=C(\C)CC/C=C(\C)CC/C=C(\C)CC/C=C(\C)CC/C=C(\C)CCC=C(C)C)c(C)c(O)c1OC(F)(F)F. The van der Waals surface area contributed by atoms with Crippen molar-refractivity contribution in [1.29, 1.82) is 0 Å². The van der Waals surface area contributed by atoms with Gasteiger partial charge in [0.25, 0.3) is 0 Å². The number of phenols is 2. The van der Waals surface area contributed by atoms with Crippen LogP contribution in [0.1, 0.15) is 203 Å². The van der Waals surface area contributed by atoms with Gasteiger partial charge in [-0.15, -0.1) is 13.2 Å². The monoisotopic (exact) mass is 919 g/mol. The van der Waals surface area contributed by atoms with Gasteiger partial charge >= 0.3 is 6.36 Å². The predicted molar refractivity (Wildman–Crippen MR) is 278 cm³/mol. The van der Waals surface area contributed by atoms with Crippen LogP contribution in [0.2, 0.25) is 0 Å². The Morgan fingerprint density at radius 2 is 0.667 bits per heavy atom. The molecule has 0 amide bonds. The molecule has 2 N–H and O–H groups in total. The second-order valence-corrected chi connectivity index (χ2v) is 19.0. The van der Waals surface area contributed by atoms with Gasteiger partial charge in [-0.05, 0) is 205 Å². The molecule has 0 bridgehead atoms. The predicted octanol–water partition coefficient (Wildman–Crippen LogP) is 19.4. The molecule has 66 heavy (non-hydrogen) atoms. The van der Waals surface area contributed by atoms with Gasteiger partial charge in [0, 0.05) is 11.1 Å². The molecule has 4 nitrogen and oxygen atoms in total. The van der Waals surface area contributed by atoms with Crippen molar-refractivity contribution >= 4 is 0 Å². The summed E-state index contributed by atoms with van der Waals surface area (Å²) in [6.07, 6.45) is 38.0. The third-order valence-corrected chi connectivity index (χ3v) is 12.1. The van der Waals surface area contributed by atoms with Crippen molar-refractivity contribution in [3.63, 3.8) is 0 Å². The Hall–Kier alpha value is -4.39. The molecule has 0 saturated heterocycles. The molecule has 370 valence electrons. The normalized spacial score (nSPS) is 14.3. The number of alkyl halides is 3. The first-order valence-corrected chi connectivity index (χ1v) is 24.5. The number of hydrogen-bond acceptors (Lipinski definition) is 4. The number of allylic oxidation sites excluding steroid dienone is 20. The van der Waals surface area contributed by atoms with Gasteiger partial charge in [0.1, 0.15) is 0 Å². The zero-order valence-electron chi connectivity index (χ0n) is 43.6. The maximum Gasteiger partial charge on any atom is 0.573 e. The van der Waals surface area contributed by atoms with E-state index >= 15 is 0 Å². The van der Waals surface area contributed by atoms with E-state index in [4.69, 9.17) is 4.74 Å². The van der Waals surface area contributed by atoms with Crippen LogP contribution >= 0.6 is 0 Å². The summed E-state index contributed by atoms with van der Waals surface area (Å²) < 4.78 is 47.5. The molecule has 1 aromatic rings. The number of halogens is 3. The molecule has 0 unspecified atom stereocenters. The Labute approximate surface area is 400 Å². The highest BCUT2D eigenvalue weighted by atomic mass is 19.4. The number of aromatic hydroxyl groups is 2. The molecule has 0 aliphatic rings. The minimum atomic E-state index is -5.05. The van der Waals surface area contributed by atoms with E-state index in [2.05, 4.69) is 129 Å². The molecule has 7 heteroatoms. The van der Waals surface area contributed by atoms with Crippen LogP contribution in [0.3, 0.4) is 0 Å². The third-order valence-electron chi connectivity index (χ3n) is 12.1. The van der Waals surface area contributed by atoms with Crippen LogP contribution in [-0.2, 0) is 6.42 Å². The van der Waals surface area contributed by atoms with E-state index in [-0.39, 0.29) is 17.5 Å². The lowest BCUT2D eigenvalue weighted by Gasteiger charge is -2.19. The summed E-state index contributed by atoms with van der Waals surface area (Å²) in [4.78, 5) is 0. The van der Waals surface area contributed by atoms with Crippen LogP contribution in [-0.4, -0.2) is 23.7 Å². The van der Waals surface area contributed by atoms with E-state index in [1.165, 1.54) is 63.5 Å². The summed E-state index contributed by atoms with van der Waals surface area (Å²) >= 11 is 0. The molecule has 1 rings (SSSR count). The van der Waals surface area contributed by atoms with Crippen molar-refractivity contribution < 1.29 is 32.9 Å². The Balaban J connectivity index is 2.36. The molecule has 0 aliphatic carbocycles. The lowest BCUT2D eigenvalue weighted by atomic mass is 9.99. The summed E-state index contributed by atoms with van der Waals surface area (Å²) in [5, 5.41) is 21.0. The van der Waals surface area contributed by atoms with Gasteiger partial charge in [0.15, 0.2) is 11.5 Å². The Morgan fingerprint density at radius 1 is 0.409 bits per heavy atom. The highest BCUT2D eigenvalue weighted by Gasteiger charge is 2.36. The average molecular weight is 919 g/mol. The molecule has 0 aromatic heterocycles. The van der Waals surface area contributed by atoms with Crippen molar-refractivity contribution in [2.24, 2.45) is 0 Å². The topological polar surface area (TPSA) is 58.9 Å². The van der Waals surface area contributed by atoms with E-state index in [0.29, 0.717) is 0 Å². The maximum absolute atomic E-state index is 12.9. The van der Waals surface area contributed by atoms with Gasteiger partial charge in [-0.3, -0.25) is 0 Å². The lowest BCUT2D eigenvalue weighted by Crippen LogP contribution is -2.18. The fraction of sp³-hybridized carbons (Fsp3) is 0.559. The van der Waals surface area contributed by atoms with Crippen molar-refractivity contribution in [2.75, 3.05) is 7.11 Å². The molecule has 0 saturated carbocycles. The van der Waals surface area contributed by atoms with Gasteiger partial charge in [-0.25, -0.2) is 0 Å². The minimum absolute atomic E-state index is 0.107. The molecule has 0 radical (unpaired) electrons. The molecule has 0 spiro atoms. The van der Waals surface area contributed by atoms with Gasteiger partial charge < -0.3 is 19.7 Å². The van der Waals surface area contributed by atoms with Crippen molar-refractivity contribution in [2.45, 2.75) is 211 Å². The Morgan fingerprint density at radius 3 is 0.909 bits per heavy atom. The van der Waals surface area contributed by atoms with Crippen molar-refractivity contribution in [1.82, 2.24) is 0 Å². The number of methoxy groups -OCH3 is 1. The zero-order valence-corrected chi connectivity index (χ0v) is 43.6. The van der Waals surface area contributed by atoms with Crippen LogP contribution in [0.4, 0.5) is 13.2 Å². The highest BCUT2D eigenvalue weighted by Crippen LogP contribution is 2.50. The number of benzene rings is 1. The largest absolute Gasteiger partial charge is 0.573 e. The van der Waals surface area contributed by atoms with Gasteiger partial charge in [-0.1, -0.05) is 116 Å². The summed E-state index contributed by atoms with van der Waals surface area (Å²) in [6, 6.07) is 0. The number of hydrogen-bond donors (Lipinski definition) is 2. The summed E-state index contributed by atoms with van der Waals surface area (Å²) in [7, 11) is 1.11. The lowest BCUT2D eigenvalue weighted by molar-refractivity contribution is -0.275. The first-order chi connectivity index (χ1) is 31.1. The van der Waals surface area contributed by atoms with Gasteiger partial charge in [0.05, 0.1) is 7.11 Å². The molecule has 0 heterocycles. The van der Waals surface area contributed by atoms with Gasteiger partial charge in [-0.2, -0.15) is 0 Å². The molecule has 0 aliphatic heterocycles. The quantitative estimate of drug-likeness (QED) is 0.0575. The Kier molecular flexibility index (Phi) is 29.9. The van der Waals surface area contributed by atoms with Crippen molar-refractivity contribution in [3.8, 4) is 23.0 Å². The first-order valence-electron chi connectivity index (χ1n) is 24.5. The molecular formula is C59H89F3O4. The third kappa shape index (κ3) is 27.9. The molecule has 0 fully saturated rings. The fourth-order valence-corrected chi connectivity index (χ4v) is 7.65. The standard InChI is InChI=1S/C59H89F3O4/c1-43(2)23-14-24-44(3)25-15-26-45(4)27-16-28-46(5)29-17-30-47(6)31-18-32-48(7)33-19-34-49(8)35-20-36-50(9)37-21-38-51(10)39-22-40-52(11)41-42-54-53(12)55(63)58(66-59(60,61)62)57(65-13)56(54)64/h23,25,27,29,31,33,35,37,39,41,63-64H,14-22,24,26,28,30,32,34,36,38,40,42H2,1-13H3/b44-25+,45-27+,46-29+,47-31+,48-33+,49-35+,50-37+,51-39+,52-41+. The van der Waals surface area contributed by atoms with E-state index < -0.39 is 29.4 Å². The summed E-state index contributed by atoms with van der Waals surface area (Å²) in [6.45, 7) is 25.8. The first kappa shape index (κ1) is 59.6. The van der Waals surface area contributed by atoms with E-state index in [0.717, 1.165) is 122 Å². The van der Waals surface area contributed by atoms with Crippen LogP contribution < -0.4 is 9.47 Å². The van der Waals surface area contributed by atoms with Gasteiger partial charge in [0.2, 0.25) is 11.5 Å². The summed E-state index contributed by atoms with van der Waals surface area (Å²) in [5.74, 6) is -2.67. The van der Waals surface area contributed by atoms with Crippen LogP contribution in [0.15, 0.2) is 116 Å². The zero-order chi connectivity index (χ0) is 49.7. The van der Waals surface area contributed by atoms with Crippen molar-refractivity contribution in [3.05, 3.63) is 128 Å². The molecule has 0 atom stereocenters. The van der Waals surface area contributed by atoms with E-state index in [1.54, 1.807) is 0 Å². The van der Waals surface area contributed by atoms with Crippen LogP contribution in [0.25, 0.3) is 0 Å². The number of phenolic OH excluding ortho intramolecular Hbond substituents is 2.